The summed E-state index contributed by atoms with van der Waals surface area (Å²) in [6.07, 6.45) is -4.73. The highest BCUT2D eigenvalue weighted by Crippen LogP contribution is 2.34. The molecule has 0 atom stereocenters. The van der Waals surface area contributed by atoms with Crippen LogP contribution in [0.25, 0.3) is 22.2 Å². The molecule has 3 rings (SSSR count). The number of carbonyl (C=O) groups is 3. The molecule has 3 aromatic rings. The zero-order valence-electron chi connectivity index (χ0n) is 22.7. The second-order valence-corrected chi connectivity index (χ2v) is 10.8. The highest BCUT2D eigenvalue weighted by molar-refractivity contribution is 6.03. The Morgan fingerprint density at radius 2 is 1.51 bits per heavy atom. The summed E-state index contributed by atoms with van der Waals surface area (Å²) >= 11 is 0. The minimum Gasteiger partial charge on any atom is -0.443 e. The SMILES string of the molecule is Cn1cnc2c(-c3ccc(OC(F)(F)F)cc3)cc(CN(C(=O)OC(C)(C)C)C(=O)OC(C)(C)C)c(C=O)c21. The minimum atomic E-state index is -4.85. The highest BCUT2D eigenvalue weighted by Gasteiger charge is 2.33. The number of aldehydes is 1. The molecule has 1 heterocycles. The largest absolute Gasteiger partial charge is 0.573 e. The van der Waals surface area contributed by atoms with Crippen molar-refractivity contribution >= 4 is 29.5 Å². The Kier molecular flexibility index (Phi) is 8.00. The molecule has 12 heteroatoms. The van der Waals surface area contributed by atoms with Gasteiger partial charge in [-0.3, -0.25) is 4.79 Å². The average Bonchev–Trinajstić information content (AvgIpc) is 3.15. The average molecular weight is 550 g/mol. The van der Waals surface area contributed by atoms with Gasteiger partial charge in [0.25, 0.3) is 0 Å². The van der Waals surface area contributed by atoms with Gasteiger partial charge in [-0.25, -0.2) is 19.5 Å². The van der Waals surface area contributed by atoms with Gasteiger partial charge in [0.2, 0.25) is 0 Å². The van der Waals surface area contributed by atoms with Gasteiger partial charge in [-0.05, 0) is 70.9 Å². The molecule has 1 aromatic heterocycles. The van der Waals surface area contributed by atoms with Gasteiger partial charge in [0.05, 0.1) is 23.9 Å². The zero-order chi connectivity index (χ0) is 29.3. The van der Waals surface area contributed by atoms with E-state index in [1.165, 1.54) is 18.5 Å². The summed E-state index contributed by atoms with van der Waals surface area (Å²) in [5.74, 6) is -0.408. The first-order valence-corrected chi connectivity index (χ1v) is 11.9. The van der Waals surface area contributed by atoms with Crippen LogP contribution >= 0.6 is 0 Å². The number of fused-ring (bicyclic) bond motifs is 1. The molecule has 0 N–H and O–H groups in total. The molecule has 2 amide bonds. The quantitative estimate of drug-likeness (QED) is 0.330. The van der Waals surface area contributed by atoms with Crippen LogP contribution in [-0.2, 0) is 23.1 Å². The topological polar surface area (TPSA) is 100.0 Å². The maximum Gasteiger partial charge on any atom is 0.573 e. The van der Waals surface area contributed by atoms with Crippen LogP contribution < -0.4 is 4.74 Å². The number of rotatable bonds is 5. The lowest BCUT2D eigenvalue weighted by atomic mass is 9.96. The van der Waals surface area contributed by atoms with Crippen LogP contribution in [0.4, 0.5) is 22.8 Å². The fourth-order valence-electron chi connectivity index (χ4n) is 3.74. The van der Waals surface area contributed by atoms with Gasteiger partial charge in [0.1, 0.15) is 17.0 Å². The molecule has 0 aliphatic heterocycles. The molecule has 0 aliphatic carbocycles. The molecule has 0 saturated carbocycles. The number of hydrogen-bond acceptors (Lipinski definition) is 7. The standard InChI is InChI=1S/C27H30F3N3O6/c1-25(2,3)38-23(35)33(24(36)39-26(4,5)6)13-17-12-19(21-22(20(17)14-34)32(7)15-31-21)16-8-10-18(11-9-16)37-27(28,29)30/h8-12,14-15H,13H2,1-7H3. The second kappa shape index (κ2) is 10.6. The molecule has 0 unspecified atom stereocenters. The van der Waals surface area contributed by atoms with E-state index in [4.69, 9.17) is 9.47 Å². The van der Waals surface area contributed by atoms with E-state index in [2.05, 4.69) is 9.72 Å². The summed E-state index contributed by atoms with van der Waals surface area (Å²) in [5.41, 5.74) is 0.303. The van der Waals surface area contributed by atoms with Crippen LogP contribution in [0.15, 0.2) is 36.7 Å². The van der Waals surface area contributed by atoms with E-state index in [0.29, 0.717) is 28.4 Å². The summed E-state index contributed by atoms with van der Waals surface area (Å²) in [4.78, 5) is 43.5. The number of carbonyl (C=O) groups excluding carboxylic acids is 3. The maximum atomic E-state index is 13.1. The van der Waals surface area contributed by atoms with Crippen LogP contribution in [0.3, 0.4) is 0 Å². The third-order valence-electron chi connectivity index (χ3n) is 5.18. The van der Waals surface area contributed by atoms with Crippen molar-refractivity contribution in [3.05, 3.63) is 47.8 Å². The number of benzene rings is 2. The number of imidazole rings is 1. The first-order valence-electron chi connectivity index (χ1n) is 11.9. The molecule has 0 radical (unpaired) electrons. The van der Waals surface area contributed by atoms with Crippen molar-refractivity contribution in [1.82, 2.24) is 14.5 Å². The molecule has 2 aromatic carbocycles. The van der Waals surface area contributed by atoms with Crippen LogP contribution in [0.2, 0.25) is 0 Å². The van der Waals surface area contributed by atoms with Crippen molar-refractivity contribution in [2.24, 2.45) is 7.05 Å². The molecule has 9 nitrogen and oxygen atoms in total. The van der Waals surface area contributed by atoms with Crippen molar-refractivity contribution in [2.75, 3.05) is 0 Å². The van der Waals surface area contributed by atoms with Gasteiger partial charge in [-0.15, -0.1) is 13.2 Å². The molecule has 0 bridgehead atoms. The lowest BCUT2D eigenvalue weighted by Gasteiger charge is -2.29. The summed E-state index contributed by atoms with van der Waals surface area (Å²) in [6.45, 7) is 9.45. The minimum absolute atomic E-state index is 0.169. The first-order chi connectivity index (χ1) is 17.9. The predicted molar refractivity (Wildman–Crippen MR) is 136 cm³/mol. The predicted octanol–water partition coefficient (Wildman–Crippen LogP) is 6.62. The van der Waals surface area contributed by atoms with Crippen LogP contribution in [0, 0.1) is 0 Å². The van der Waals surface area contributed by atoms with Gasteiger partial charge in [0.15, 0.2) is 6.29 Å². The van der Waals surface area contributed by atoms with Crippen molar-refractivity contribution in [1.29, 1.82) is 0 Å². The van der Waals surface area contributed by atoms with Crippen LogP contribution in [0.1, 0.15) is 57.5 Å². The number of nitrogens with zero attached hydrogens (tertiary/aromatic N) is 3. The molecule has 0 saturated heterocycles. The first kappa shape index (κ1) is 29.5. The Balaban J connectivity index is 2.15. The molecular formula is C27H30F3N3O6. The Morgan fingerprint density at radius 1 is 0.974 bits per heavy atom. The van der Waals surface area contributed by atoms with E-state index in [1.807, 2.05) is 0 Å². The van der Waals surface area contributed by atoms with Crippen molar-refractivity contribution in [2.45, 2.75) is 65.7 Å². The van der Waals surface area contributed by atoms with Gasteiger partial charge in [-0.2, -0.15) is 0 Å². The highest BCUT2D eigenvalue weighted by atomic mass is 19.4. The number of aryl methyl sites for hydroxylation is 1. The van der Waals surface area contributed by atoms with E-state index in [9.17, 15) is 27.6 Å². The van der Waals surface area contributed by atoms with Gasteiger partial charge < -0.3 is 18.8 Å². The number of ether oxygens (including phenoxy) is 3. The molecule has 39 heavy (non-hydrogen) atoms. The Bertz CT molecular complexity index is 1360. The van der Waals surface area contributed by atoms with Gasteiger partial charge in [0, 0.05) is 18.2 Å². The third-order valence-corrected chi connectivity index (χ3v) is 5.18. The van der Waals surface area contributed by atoms with E-state index in [0.717, 1.165) is 17.0 Å². The van der Waals surface area contributed by atoms with E-state index < -0.39 is 35.5 Å². The zero-order valence-corrected chi connectivity index (χ0v) is 22.7. The van der Waals surface area contributed by atoms with Crippen LogP contribution in [0.5, 0.6) is 5.75 Å². The van der Waals surface area contributed by atoms with Crippen LogP contribution in [-0.4, -0.2) is 50.5 Å². The number of hydrogen-bond donors (Lipinski definition) is 0. The second-order valence-electron chi connectivity index (χ2n) is 10.8. The monoisotopic (exact) mass is 549 g/mol. The number of alkyl halides is 3. The number of amides is 2. The summed E-state index contributed by atoms with van der Waals surface area (Å²) in [5, 5.41) is 0. The lowest BCUT2D eigenvalue weighted by Crippen LogP contribution is -2.43. The smallest absolute Gasteiger partial charge is 0.443 e. The molecule has 210 valence electrons. The van der Waals surface area contributed by atoms with E-state index in [1.54, 1.807) is 59.2 Å². The number of imide groups is 1. The Labute approximate surface area is 223 Å². The fraction of sp³-hybridized carbons (Fsp3) is 0.407. The van der Waals surface area contributed by atoms with Crippen molar-refractivity contribution in [3.8, 4) is 16.9 Å². The lowest BCUT2D eigenvalue weighted by molar-refractivity contribution is -0.274. The molecule has 0 aliphatic rings. The van der Waals surface area contributed by atoms with Crippen molar-refractivity contribution in [3.63, 3.8) is 0 Å². The number of halogens is 3. The third kappa shape index (κ3) is 7.49. The Morgan fingerprint density at radius 3 is 1.97 bits per heavy atom. The van der Waals surface area contributed by atoms with E-state index in [-0.39, 0.29) is 17.7 Å². The number of aromatic nitrogens is 2. The summed E-state index contributed by atoms with van der Waals surface area (Å²) < 4.78 is 54.3. The summed E-state index contributed by atoms with van der Waals surface area (Å²) in [6, 6.07) is 6.68. The summed E-state index contributed by atoms with van der Waals surface area (Å²) in [7, 11) is 1.66. The fourth-order valence-corrected chi connectivity index (χ4v) is 3.74. The normalized spacial score (nSPS) is 12.3. The maximum absolute atomic E-state index is 13.1. The van der Waals surface area contributed by atoms with E-state index >= 15 is 0 Å². The van der Waals surface area contributed by atoms with Crippen molar-refractivity contribution < 1.29 is 41.8 Å². The molecule has 0 fully saturated rings. The molecule has 0 spiro atoms. The van der Waals surface area contributed by atoms with Gasteiger partial charge in [-0.1, -0.05) is 12.1 Å². The van der Waals surface area contributed by atoms with Gasteiger partial charge >= 0.3 is 18.5 Å². The Hall–Kier alpha value is -4.09. The molecular weight excluding hydrogens is 519 g/mol.